The molecule has 2 aromatic rings. The zero-order valence-electron chi connectivity index (χ0n) is 10.6. The van der Waals surface area contributed by atoms with Crippen LogP contribution in [0, 0.1) is 0 Å². The third-order valence-electron chi connectivity index (χ3n) is 3.60. The molecule has 0 atom stereocenters. The second-order valence-electron chi connectivity index (χ2n) is 4.97. The standard InChI is InChI=1S/C14H12N2O4/c17-14(18)10-6-15-16(13(10)8-1-2-8)9-3-4-11-12(5-9)20-7-19-11/h3-6,8H,1-2,7H2,(H,17,18). The quantitative estimate of drug-likeness (QED) is 0.927. The Morgan fingerprint density at radius 1 is 1.30 bits per heavy atom. The molecule has 4 rings (SSSR count). The summed E-state index contributed by atoms with van der Waals surface area (Å²) in [6, 6.07) is 5.50. The maximum Gasteiger partial charge on any atom is 0.339 e. The summed E-state index contributed by atoms with van der Waals surface area (Å²) in [6.45, 7) is 0.216. The van der Waals surface area contributed by atoms with Crippen LogP contribution in [0.5, 0.6) is 11.5 Å². The van der Waals surface area contributed by atoms with Gasteiger partial charge in [-0.15, -0.1) is 0 Å². The van der Waals surface area contributed by atoms with Crippen molar-refractivity contribution in [2.75, 3.05) is 6.79 Å². The van der Waals surface area contributed by atoms with Gasteiger partial charge in [0, 0.05) is 12.0 Å². The van der Waals surface area contributed by atoms with Gasteiger partial charge in [-0.1, -0.05) is 0 Å². The summed E-state index contributed by atoms with van der Waals surface area (Å²) < 4.78 is 12.3. The zero-order valence-corrected chi connectivity index (χ0v) is 10.6. The fourth-order valence-corrected chi connectivity index (χ4v) is 2.50. The number of carboxylic acids is 1. The van der Waals surface area contributed by atoms with Gasteiger partial charge in [-0.05, 0) is 25.0 Å². The molecular formula is C14H12N2O4. The normalized spacial score (nSPS) is 16.4. The molecular weight excluding hydrogens is 260 g/mol. The monoisotopic (exact) mass is 272 g/mol. The molecule has 0 saturated heterocycles. The highest BCUT2D eigenvalue weighted by molar-refractivity contribution is 5.89. The van der Waals surface area contributed by atoms with Gasteiger partial charge in [0.2, 0.25) is 6.79 Å². The molecule has 0 bridgehead atoms. The van der Waals surface area contributed by atoms with Crippen molar-refractivity contribution in [1.82, 2.24) is 9.78 Å². The lowest BCUT2D eigenvalue weighted by Gasteiger charge is -2.08. The summed E-state index contributed by atoms with van der Waals surface area (Å²) in [4.78, 5) is 11.3. The third kappa shape index (κ3) is 1.65. The van der Waals surface area contributed by atoms with Crippen LogP contribution in [-0.2, 0) is 0 Å². The van der Waals surface area contributed by atoms with Crippen LogP contribution in [0.3, 0.4) is 0 Å². The number of carboxylic acid groups (broad SMARTS) is 1. The van der Waals surface area contributed by atoms with E-state index >= 15 is 0 Å². The number of hydrogen-bond donors (Lipinski definition) is 1. The summed E-state index contributed by atoms with van der Waals surface area (Å²) >= 11 is 0. The second kappa shape index (κ2) is 4.00. The Bertz CT molecular complexity index is 703. The van der Waals surface area contributed by atoms with Crippen molar-refractivity contribution in [2.24, 2.45) is 0 Å². The van der Waals surface area contributed by atoms with Crippen molar-refractivity contribution in [2.45, 2.75) is 18.8 Å². The van der Waals surface area contributed by atoms with Crippen molar-refractivity contribution in [3.05, 3.63) is 35.7 Å². The van der Waals surface area contributed by atoms with Gasteiger partial charge in [0.05, 0.1) is 17.6 Å². The van der Waals surface area contributed by atoms with Gasteiger partial charge in [0.1, 0.15) is 5.56 Å². The van der Waals surface area contributed by atoms with Gasteiger partial charge >= 0.3 is 5.97 Å². The first-order valence-corrected chi connectivity index (χ1v) is 6.45. The van der Waals surface area contributed by atoms with E-state index < -0.39 is 5.97 Å². The van der Waals surface area contributed by atoms with E-state index in [0.29, 0.717) is 11.5 Å². The molecule has 102 valence electrons. The lowest BCUT2D eigenvalue weighted by Crippen LogP contribution is -2.05. The maximum absolute atomic E-state index is 11.3. The van der Waals surface area contributed by atoms with Crippen LogP contribution in [0.25, 0.3) is 5.69 Å². The Balaban J connectivity index is 1.84. The molecule has 0 amide bonds. The number of nitrogens with zero attached hydrogens (tertiary/aromatic N) is 2. The number of aromatic carboxylic acids is 1. The van der Waals surface area contributed by atoms with Crippen LogP contribution in [0.4, 0.5) is 0 Å². The molecule has 2 heterocycles. The Labute approximate surface area is 114 Å². The first kappa shape index (κ1) is 11.3. The molecule has 6 heteroatoms. The molecule has 2 aliphatic rings. The largest absolute Gasteiger partial charge is 0.478 e. The van der Waals surface area contributed by atoms with Crippen LogP contribution in [-0.4, -0.2) is 27.6 Å². The molecule has 20 heavy (non-hydrogen) atoms. The number of hydrogen-bond acceptors (Lipinski definition) is 4. The summed E-state index contributed by atoms with van der Waals surface area (Å²) in [6.07, 6.45) is 3.44. The average Bonchev–Trinajstić information content (AvgIpc) is 3.02. The Kier molecular flexibility index (Phi) is 2.26. The highest BCUT2D eigenvalue weighted by Crippen LogP contribution is 2.43. The van der Waals surface area contributed by atoms with E-state index in [9.17, 15) is 9.90 Å². The Hall–Kier alpha value is -2.50. The second-order valence-corrected chi connectivity index (χ2v) is 4.97. The highest BCUT2D eigenvalue weighted by Gasteiger charge is 2.33. The molecule has 1 aliphatic carbocycles. The summed E-state index contributed by atoms with van der Waals surface area (Å²) in [5, 5.41) is 13.5. The number of benzene rings is 1. The molecule has 6 nitrogen and oxygen atoms in total. The van der Waals surface area contributed by atoms with Crippen LogP contribution in [0.1, 0.15) is 34.8 Å². The van der Waals surface area contributed by atoms with Gasteiger partial charge in [-0.2, -0.15) is 5.10 Å². The number of aromatic nitrogens is 2. The van der Waals surface area contributed by atoms with E-state index in [-0.39, 0.29) is 18.3 Å². The molecule has 1 aromatic heterocycles. The van der Waals surface area contributed by atoms with E-state index in [1.807, 2.05) is 18.2 Å². The van der Waals surface area contributed by atoms with Gasteiger partial charge in [-0.25, -0.2) is 9.48 Å². The van der Waals surface area contributed by atoms with Crippen LogP contribution < -0.4 is 9.47 Å². The number of rotatable bonds is 3. The Morgan fingerprint density at radius 3 is 2.85 bits per heavy atom. The first-order valence-electron chi connectivity index (χ1n) is 6.45. The van der Waals surface area contributed by atoms with Crippen LogP contribution in [0.15, 0.2) is 24.4 Å². The molecule has 1 fully saturated rings. The fraction of sp³-hybridized carbons (Fsp3) is 0.286. The smallest absolute Gasteiger partial charge is 0.339 e. The molecule has 1 N–H and O–H groups in total. The molecule has 0 unspecified atom stereocenters. The van der Waals surface area contributed by atoms with E-state index in [0.717, 1.165) is 24.2 Å². The summed E-state index contributed by atoms with van der Waals surface area (Å²) in [7, 11) is 0. The van der Waals surface area contributed by atoms with Crippen molar-refractivity contribution in [3.63, 3.8) is 0 Å². The number of carbonyl (C=O) groups is 1. The predicted molar refractivity (Wildman–Crippen MR) is 68.6 cm³/mol. The van der Waals surface area contributed by atoms with Crippen molar-refractivity contribution < 1.29 is 19.4 Å². The van der Waals surface area contributed by atoms with Gasteiger partial charge < -0.3 is 14.6 Å². The van der Waals surface area contributed by atoms with E-state index in [1.165, 1.54) is 6.20 Å². The molecule has 0 spiro atoms. The molecule has 0 radical (unpaired) electrons. The molecule has 1 saturated carbocycles. The predicted octanol–water partition coefficient (Wildman–Crippen LogP) is 2.18. The van der Waals surface area contributed by atoms with E-state index in [1.54, 1.807) is 4.68 Å². The van der Waals surface area contributed by atoms with Crippen LogP contribution >= 0.6 is 0 Å². The van der Waals surface area contributed by atoms with Gasteiger partial charge in [0.25, 0.3) is 0 Å². The lowest BCUT2D eigenvalue weighted by molar-refractivity contribution is 0.0695. The summed E-state index contributed by atoms with van der Waals surface area (Å²) in [5.74, 6) is 0.719. The lowest BCUT2D eigenvalue weighted by atomic mass is 10.1. The van der Waals surface area contributed by atoms with Crippen molar-refractivity contribution in [3.8, 4) is 17.2 Å². The summed E-state index contributed by atoms with van der Waals surface area (Å²) in [5.41, 5.74) is 1.85. The topological polar surface area (TPSA) is 73.6 Å². The van der Waals surface area contributed by atoms with Crippen molar-refractivity contribution >= 4 is 5.97 Å². The highest BCUT2D eigenvalue weighted by atomic mass is 16.7. The first-order chi connectivity index (χ1) is 9.74. The zero-order chi connectivity index (χ0) is 13.7. The third-order valence-corrected chi connectivity index (χ3v) is 3.60. The number of ether oxygens (including phenoxy) is 2. The average molecular weight is 272 g/mol. The van der Waals surface area contributed by atoms with Gasteiger partial charge in [0.15, 0.2) is 11.5 Å². The van der Waals surface area contributed by atoms with Crippen molar-refractivity contribution in [1.29, 1.82) is 0 Å². The van der Waals surface area contributed by atoms with Crippen LogP contribution in [0.2, 0.25) is 0 Å². The minimum atomic E-state index is -0.932. The Morgan fingerprint density at radius 2 is 2.10 bits per heavy atom. The fourth-order valence-electron chi connectivity index (χ4n) is 2.50. The van der Waals surface area contributed by atoms with E-state index in [2.05, 4.69) is 5.10 Å². The minimum Gasteiger partial charge on any atom is -0.478 e. The SMILES string of the molecule is O=C(O)c1cnn(-c2ccc3c(c2)OCO3)c1C1CC1. The molecule has 1 aliphatic heterocycles. The minimum absolute atomic E-state index is 0.216. The molecule has 1 aromatic carbocycles. The number of fused-ring (bicyclic) bond motifs is 1. The van der Waals surface area contributed by atoms with E-state index in [4.69, 9.17) is 9.47 Å². The maximum atomic E-state index is 11.3. The van der Waals surface area contributed by atoms with Gasteiger partial charge in [-0.3, -0.25) is 0 Å².